The lowest BCUT2D eigenvalue weighted by atomic mass is 9.78. The zero-order valence-corrected chi connectivity index (χ0v) is 12.1. The number of hydrogen-bond donors (Lipinski definition) is 2. The van der Waals surface area contributed by atoms with Gasteiger partial charge in [-0.3, -0.25) is 14.4 Å². The first-order chi connectivity index (χ1) is 10.0. The van der Waals surface area contributed by atoms with E-state index in [0.29, 0.717) is 0 Å². The standard InChI is InChI=1S/C15H21NO5/c1-21-10(17)4-7-16-13(18)11-8-2-3-9(12(11)14(19)20)15(8)5-6-15/h8-9,11-12H,2-7H2,1H3,(H,16,18)(H,19,20)/t8-,9+,11-,12-/m1/s1. The summed E-state index contributed by atoms with van der Waals surface area (Å²) in [5.74, 6) is -2.04. The normalized spacial score (nSPS) is 34.7. The molecule has 4 atom stereocenters. The lowest BCUT2D eigenvalue weighted by Gasteiger charge is -2.26. The maximum Gasteiger partial charge on any atom is 0.307 e. The number of carboxylic acids is 1. The van der Waals surface area contributed by atoms with Crippen molar-refractivity contribution in [2.75, 3.05) is 13.7 Å². The molecule has 3 aliphatic rings. The highest BCUT2D eigenvalue weighted by atomic mass is 16.5. The smallest absolute Gasteiger partial charge is 0.307 e. The van der Waals surface area contributed by atoms with E-state index in [1.165, 1.54) is 7.11 Å². The Hall–Kier alpha value is -1.59. The van der Waals surface area contributed by atoms with Crippen molar-refractivity contribution < 1.29 is 24.2 Å². The van der Waals surface area contributed by atoms with Gasteiger partial charge in [0.25, 0.3) is 0 Å². The van der Waals surface area contributed by atoms with E-state index < -0.39 is 17.8 Å². The van der Waals surface area contributed by atoms with Gasteiger partial charge in [0.15, 0.2) is 0 Å². The molecule has 3 aliphatic carbocycles. The van der Waals surface area contributed by atoms with E-state index in [2.05, 4.69) is 10.1 Å². The molecule has 0 heterocycles. The minimum Gasteiger partial charge on any atom is -0.481 e. The first kappa shape index (κ1) is 14.4. The van der Waals surface area contributed by atoms with Gasteiger partial charge in [-0.1, -0.05) is 0 Å². The summed E-state index contributed by atoms with van der Waals surface area (Å²) in [5.41, 5.74) is 0.132. The van der Waals surface area contributed by atoms with Crippen LogP contribution in [0.4, 0.5) is 0 Å². The van der Waals surface area contributed by atoms with Gasteiger partial charge in [0.05, 0.1) is 25.4 Å². The molecule has 21 heavy (non-hydrogen) atoms. The van der Waals surface area contributed by atoms with Crippen LogP contribution in [0.2, 0.25) is 0 Å². The van der Waals surface area contributed by atoms with E-state index >= 15 is 0 Å². The Labute approximate surface area is 123 Å². The number of nitrogens with one attached hydrogen (secondary N) is 1. The summed E-state index contributed by atoms with van der Waals surface area (Å²) in [6.07, 6.45) is 4.15. The Balaban J connectivity index is 1.67. The van der Waals surface area contributed by atoms with Crippen molar-refractivity contribution >= 4 is 17.8 Å². The lowest BCUT2D eigenvalue weighted by molar-refractivity contribution is -0.149. The molecule has 3 rings (SSSR count). The van der Waals surface area contributed by atoms with Gasteiger partial charge >= 0.3 is 11.9 Å². The minimum atomic E-state index is -0.846. The third-order valence-electron chi connectivity index (χ3n) is 5.79. The number of carbonyl (C=O) groups is 3. The number of ether oxygens (including phenoxy) is 1. The predicted molar refractivity (Wildman–Crippen MR) is 72.1 cm³/mol. The quantitative estimate of drug-likeness (QED) is 0.732. The molecule has 3 saturated carbocycles. The summed E-state index contributed by atoms with van der Waals surface area (Å²) in [4.78, 5) is 35.1. The monoisotopic (exact) mass is 295 g/mol. The number of aliphatic carboxylic acids is 1. The fourth-order valence-corrected chi connectivity index (χ4v) is 4.85. The SMILES string of the molecule is COC(=O)CCNC(=O)[C@H]1[C@H](C(=O)O)[C@@H]2CC[C@H]1C21CC1. The van der Waals surface area contributed by atoms with Crippen molar-refractivity contribution in [3.63, 3.8) is 0 Å². The van der Waals surface area contributed by atoms with Gasteiger partial charge in [-0.25, -0.2) is 0 Å². The third kappa shape index (κ3) is 2.12. The molecule has 0 aliphatic heterocycles. The Morgan fingerprint density at radius 2 is 1.81 bits per heavy atom. The van der Waals surface area contributed by atoms with Crippen molar-refractivity contribution in [2.24, 2.45) is 29.1 Å². The molecule has 1 spiro atoms. The van der Waals surface area contributed by atoms with Gasteiger partial charge in [0.1, 0.15) is 0 Å². The maximum absolute atomic E-state index is 12.4. The third-order valence-corrected chi connectivity index (χ3v) is 5.79. The highest BCUT2D eigenvalue weighted by Gasteiger charge is 2.71. The number of esters is 1. The molecule has 0 aromatic heterocycles. The van der Waals surface area contributed by atoms with Crippen LogP contribution in [0.25, 0.3) is 0 Å². The molecule has 6 nitrogen and oxygen atoms in total. The lowest BCUT2D eigenvalue weighted by Crippen LogP contribution is -2.41. The van der Waals surface area contributed by atoms with Crippen LogP contribution < -0.4 is 5.32 Å². The second kappa shape index (κ2) is 5.00. The van der Waals surface area contributed by atoms with Gasteiger partial charge in [-0.05, 0) is 42.9 Å². The Bertz CT molecular complexity index is 484. The number of hydrogen-bond acceptors (Lipinski definition) is 4. The summed E-state index contributed by atoms with van der Waals surface area (Å²) in [6.45, 7) is 0.207. The first-order valence-corrected chi connectivity index (χ1v) is 7.58. The molecule has 116 valence electrons. The van der Waals surface area contributed by atoms with Crippen molar-refractivity contribution in [3.05, 3.63) is 0 Å². The maximum atomic E-state index is 12.4. The molecule has 2 bridgehead atoms. The Morgan fingerprint density at radius 1 is 1.19 bits per heavy atom. The van der Waals surface area contributed by atoms with Gasteiger partial charge < -0.3 is 15.2 Å². The van der Waals surface area contributed by atoms with Crippen LogP contribution >= 0.6 is 0 Å². The Morgan fingerprint density at radius 3 is 2.33 bits per heavy atom. The highest BCUT2D eigenvalue weighted by molar-refractivity contribution is 5.87. The summed E-state index contributed by atoms with van der Waals surface area (Å²) in [7, 11) is 1.30. The average molecular weight is 295 g/mol. The molecular weight excluding hydrogens is 274 g/mol. The second-order valence-electron chi connectivity index (χ2n) is 6.53. The number of carbonyl (C=O) groups excluding carboxylic acids is 2. The van der Waals surface area contributed by atoms with E-state index in [0.717, 1.165) is 25.7 Å². The zero-order chi connectivity index (χ0) is 15.2. The average Bonchev–Trinajstić information content (AvgIpc) is 3.12. The van der Waals surface area contributed by atoms with Crippen LogP contribution in [-0.4, -0.2) is 36.6 Å². The summed E-state index contributed by atoms with van der Waals surface area (Å²) in [5, 5.41) is 12.2. The van der Waals surface area contributed by atoms with Crippen LogP contribution in [-0.2, 0) is 19.1 Å². The number of carboxylic acid groups (broad SMARTS) is 1. The molecule has 3 fully saturated rings. The summed E-state index contributed by atoms with van der Waals surface area (Å²) < 4.78 is 4.52. The van der Waals surface area contributed by atoms with Crippen molar-refractivity contribution in [3.8, 4) is 0 Å². The van der Waals surface area contributed by atoms with Crippen LogP contribution in [0, 0.1) is 29.1 Å². The molecule has 0 saturated heterocycles. The van der Waals surface area contributed by atoms with Crippen molar-refractivity contribution in [1.29, 1.82) is 0 Å². The van der Waals surface area contributed by atoms with E-state index in [4.69, 9.17) is 0 Å². The summed E-state index contributed by atoms with van der Waals surface area (Å²) in [6, 6.07) is 0. The van der Waals surface area contributed by atoms with Crippen molar-refractivity contribution in [2.45, 2.75) is 32.1 Å². The summed E-state index contributed by atoms with van der Waals surface area (Å²) >= 11 is 0. The molecule has 0 aromatic carbocycles. The predicted octanol–water partition coefficient (Wildman–Crippen LogP) is 0.803. The minimum absolute atomic E-state index is 0.117. The van der Waals surface area contributed by atoms with Crippen molar-refractivity contribution in [1.82, 2.24) is 5.32 Å². The molecule has 0 radical (unpaired) electrons. The fraction of sp³-hybridized carbons (Fsp3) is 0.800. The molecule has 1 amide bonds. The number of rotatable bonds is 5. The first-order valence-electron chi connectivity index (χ1n) is 7.58. The van der Waals surface area contributed by atoms with E-state index in [-0.39, 0.29) is 42.1 Å². The highest BCUT2D eigenvalue weighted by Crippen LogP contribution is 2.74. The van der Waals surface area contributed by atoms with Gasteiger partial charge in [-0.15, -0.1) is 0 Å². The van der Waals surface area contributed by atoms with Crippen LogP contribution in [0.5, 0.6) is 0 Å². The van der Waals surface area contributed by atoms with E-state index in [1.807, 2.05) is 0 Å². The number of methoxy groups -OCH3 is 1. The molecular formula is C15H21NO5. The van der Waals surface area contributed by atoms with Crippen LogP contribution in [0.15, 0.2) is 0 Å². The van der Waals surface area contributed by atoms with Gasteiger partial charge in [0, 0.05) is 6.54 Å². The van der Waals surface area contributed by atoms with Crippen LogP contribution in [0.1, 0.15) is 32.1 Å². The molecule has 0 aromatic rings. The van der Waals surface area contributed by atoms with E-state index in [1.54, 1.807) is 0 Å². The largest absolute Gasteiger partial charge is 0.481 e. The van der Waals surface area contributed by atoms with E-state index in [9.17, 15) is 19.5 Å². The topological polar surface area (TPSA) is 92.7 Å². The molecule has 6 heteroatoms. The fourth-order valence-electron chi connectivity index (χ4n) is 4.85. The Kier molecular flexibility index (Phi) is 3.42. The van der Waals surface area contributed by atoms with Gasteiger partial charge in [-0.2, -0.15) is 0 Å². The number of amides is 1. The molecule has 0 unspecified atom stereocenters. The molecule has 2 N–H and O–H groups in total. The van der Waals surface area contributed by atoms with Crippen LogP contribution in [0.3, 0.4) is 0 Å². The van der Waals surface area contributed by atoms with Gasteiger partial charge in [0.2, 0.25) is 5.91 Å². The second-order valence-corrected chi connectivity index (χ2v) is 6.53. The zero-order valence-electron chi connectivity index (χ0n) is 12.1.